The minimum Gasteiger partial charge on any atom is -0.396 e. The molecule has 4 N–H and O–H groups in total. The number of nitrogen functional groups attached to an aromatic ring is 2. The van der Waals surface area contributed by atoms with Crippen molar-refractivity contribution in [3.63, 3.8) is 0 Å². The molecule has 1 aromatic rings. The summed E-state index contributed by atoms with van der Waals surface area (Å²) in [6.07, 6.45) is 0. The molecule has 0 atom stereocenters. The highest BCUT2D eigenvalue weighted by Gasteiger charge is 2.01. The number of hydrogen-bond donors (Lipinski definition) is 2. The predicted octanol–water partition coefficient (Wildman–Crippen LogP) is 0.312. The zero-order chi connectivity index (χ0) is 8.43. The molecular formula is C7H12N4. The average molecular weight is 152 g/mol. The fourth-order valence-corrected chi connectivity index (χ4v) is 0.832. The number of pyridine rings is 1. The maximum atomic E-state index is 5.63. The van der Waals surface area contributed by atoms with Gasteiger partial charge in [-0.3, -0.25) is 0 Å². The number of hydrogen-bond acceptors (Lipinski definition) is 4. The molecule has 0 aliphatic carbocycles. The lowest BCUT2D eigenvalue weighted by Gasteiger charge is -2.13. The SMILES string of the molecule is CN(C)c1nc(N)ccc1N. The van der Waals surface area contributed by atoms with Crippen molar-refractivity contribution in [3.05, 3.63) is 12.1 Å². The summed E-state index contributed by atoms with van der Waals surface area (Å²) in [5.74, 6) is 1.20. The lowest BCUT2D eigenvalue weighted by Crippen LogP contribution is -2.13. The van der Waals surface area contributed by atoms with Gasteiger partial charge in [0.25, 0.3) is 0 Å². The van der Waals surface area contributed by atoms with Crippen LogP contribution in [-0.2, 0) is 0 Å². The molecule has 4 nitrogen and oxygen atoms in total. The Morgan fingerprint density at radius 1 is 1.27 bits per heavy atom. The normalized spacial score (nSPS) is 9.64. The van der Waals surface area contributed by atoms with E-state index in [0.717, 1.165) is 0 Å². The Hall–Kier alpha value is -1.45. The number of aromatic nitrogens is 1. The summed E-state index contributed by atoms with van der Waals surface area (Å²) < 4.78 is 0. The van der Waals surface area contributed by atoms with E-state index in [1.54, 1.807) is 12.1 Å². The molecule has 1 aromatic heterocycles. The highest BCUT2D eigenvalue weighted by Crippen LogP contribution is 2.18. The van der Waals surface area contributed by atoms with Gasteiger partial charge >= 0.3 is 0 Å². The van der Waals surface area contributed by atoms with Crippen LogP contribution in [0, 0.1) is 0 Å². The monoisotopic (exact) mass is 152 g/mol. The van der Waals surface area contributed by atoms with Crippen molar-refractivity contribution >= 4 is 17.3 Å². The molecule has 0 aliphatic rings. The van der Waals surface area contributed by atoms with Crippen LogP contribution in [0.4, 0.5) is 17.3 Å². The largest absolute Gasteiger partial charge is 0.396 e. The molecule has 0 saturated heterocycles. The van der Waals surface area contributed by atoms with E-state index in [1.807, 2.05) is 19.0 Å². The van der Waals surface area contributed by atoms with Crippen molar-refractivity contribution in [1.29, 1.82) is 0 Å². The second kappa shape index (κ2) is 2.65. The van der Waals surface area contributed by atoms with Gasteiger partial charge in [-0.05, 0) is 12.1 Å². The fraction of sp³-hybridized carbons (Fsp3) is 0.286. The van der Waals surface area contributed by atoms with Crippen LogP contribution in [0.3, 0.4) is 0 Å². The summed E-state index contributed by atoms with van der Waals surface area (Å²) in [7, 11) is 3.75. The molecule has 1 rings (SSSR count). The molecule has 0 unspecified atom stereocenters. The molecule has 4 heteroatoms. The zero-order valence-corrected chi connectivity index (χ0v) is 6.70. The van der Waals surface area contributed by atoms with Gasteiger partial charge in [-0.25, -0.2) is 4.98 Å². The molecule has 60 valence electrons. The van der Waals surface area contributed by atoms with Crippen molar-refractivity contribution in [1.82, 2.24) is 4.98 Å². The Morgan fingerprint density at radius 2 is 1.91 bits per heavy atom. The highest BCUT2D eigenvalue weighted by molar-refractivity contribution is 5.64. The Balaban J connectivity index is 3.13. The highest BCUT2D eigenvalue weighted by atomic mass is 15.2. The smallest absolute Gasteiger partial charge is 0.153 e. The first-order valence-electron chi connectivity index (χ1n) is 3.30. The number of anilines is 3. The van der Waals surface area contributed by atoms with Crippen molar-refractivity contribution in [2.24, 2.45) is 0 Å². The van der Waals surface area contributed by atoms with Crippen molar-refractivity contribution in [3.8, 4) is 0 Å². The second-order valence-corrected chi connectivity index (χ2v) is 2.54. The van der Waals surface area contributed by atoms with Crippen LogP contribution in [0.15, 0.2) is 12.1 Å². The second-order valence-electron chi connectivity index (χ2n) is 2.54. The summed E-state index contributed by atoms with van der Waals surface area (Å²) in [6.45, 7) is 0. The van der Waals surface area contributed by atoms with Crippen LogP contribution in [0.5, 0.6) is 0 Å². The molecule has 0 saturated carbocycles. The van der Waals surface area contributed by atoms with Gasteiger partial charge < -0.3 is 16.4 Å². The first-order chi connectivity index (χ1) is 5.11. The average Bonchev–Trinajstić information content (AvgIpc) is 1.94. The minimum absolute atomic E-state index is 0.489. The van der Waals surface area contributed by atoms with E-state index in [1.165, 1.54) is 0 Å². The zero-order valence-electron chi connectivity index (χ0n) is 6.70. The Labute approximate surface area is 65.8 Å². The third-order valence-corrected chi connectivity index (χ3v) is 1.35. The Kier molecular flexibility index (Phi) is 1.85. The topological polar surface area (TPSA) is 68.2 Å². The molecule has 0 aromatic carbocycles. The van der Waals surface area contributed by atoms with Gasteiger partial charge in [0.2, 0.25) is 0 Å². The van der Waals surface area contributed by atoms with E-state index < -0.39 is 0 Å². The third kappa shape index (κ3) is 1.52. The summed E-state index contributed by atoms with van der Waals surface area (Å²) in [6, 6.07) is 3.43. The van der Waals surface area contributed by atoms with E-state index >= 15 is 0 Å². The van der Waals surface area contributed by atoms with Gasteiger partial charge in [0.15, 0.2) is 5.82 Å². The van der Waals surface area contributed by atoms with E-state index in [9.17, 15) is 0 Å². The molecule has 1 heterocycles. The van der Waals surface area contributed by atoms with Crippen molar-refractivity contribution < 1.29 is 0 Å². The maximum absolute atomic E-state index is 5.63. The molecule has 0 radical (unpaired) electrons. The van der Waals surface area contributed by atoms with Crippen LogP contribution in [0.2, 0.25) is 0 Å². The minimum atomic E-state index is 0.489. The molecule has 0 amide bonds. The number of rotatable bonds is 1. The van der Waals surface area contributed by atoms with E-state index in [2.05, 4.69) is 4.98 Å². The number of nitrogens with zero attached hydrogens (tertiary/aromatic N) is 2. The van der Waals surface area contributed by atoms with Gasteiger partial charge in [0, 0.05) is 14.1 Å². The van der Waals surface area contributed by atoms with Crippen LogP contribution in [0.25, 0.3) is 0 Å². The maximum Gasteiger partial charge on any atom is 0.153 e. The van der Waals surface area contributed by atoms with E-state index in [0.29, 0.717) is 17.3 Å². The summed E-state index contributed by atoms with van der Waals surface area (Å²) >= 11 is 0. The van der Waals surface area contributed by atoms with E-state index in [-0.39, 0.29) is 0 Å². The molecule has 0 bridgehead atoms. The standard InChI is InChI=1S/C7H12N4/c1-11(2)7-5(8)3-4-6(9)10-7/h3-4H,8H2,1-2H3,(H2,9,10). The van der Waals surface area contributed by atoms with Gasteiger partial charge in [0.05, 0.1) is 5.69 Å². The Bertz CT molecular complexity index is 257. The van der Waals surface area contributed by atoms with Gasteiger partial charge in [-0.15, -0.1) is 0 Å². The fourth-order valence-electron chi connectivity index (χ4n) is 0.832. The molecule has 0 aliphatic heterocycles. The van der Waals surface area contributed by atoms with Crippen LogP contribution in [0.1, 0.15) is 0 Å². The Morgan fingerprint density at radius 3 is 2.36 bits per heavy atom. The van der Waals surface area contributed by atoms with Crippen molar-refractivity contribution in [2.45, 2.75) is 0 Å². The van der Waals surface area contributed by atoms with Crippen molar-refractivity contribution in [2.75, 3.05) is 30.5 Å². The first kappa shape index (κ1) is 7.65. The number of nitrogens with two attached hydrogens (primary N) is 2. The lowest BCUT2D eigenvalue weighted by atomic mass is 10.3. The van der Waals surface area contributed by atoms with Gasteiger partial charge in [-0.2, -0.15) is 0 Å². The molecular weight excluding hydrogens is 140 g/mol. The predicted molar refractivity (Wildman–Crippen MR) is 47.4 cm³/mol. The van der Waals surface area contributed by atoms with Gasteiger partial charge in [0.1, 0.15) is 5.82 Å². The summed E-state index contributed by atoms with van der Waals surface area (Å²) in [4.78, 5) is 5.88. The van der Waals surface area contributed by atoms with E-state index in [4.69, 9.17) is 11.5 Å². The van der Waals surface area contributed by atoms with Gasteiger partial charge in [-0.1, -0.05) is 0 Å². The quantitative estimate of drug-likeness (QED) is 0.607. The third-order valence-electron chi connectivity index (χ3n) is 1.35. The van der Waals surface area contributed by atoms with Crippen LogP contribution < -0.4 is 16.4 Å². The molecule has 0 spiro atoms. The summed E-state index contributed by atoms with van der Waals surface area (Å²) in [5, 5.41) is 0. The van der Waals surface area contributed by atoms with Crippen LogP contribution in [-0.4, -0.2) is 19.1 Å². The summed E-state index contributed by atoms with van der Waals surface area (Å²) in [5.41, 5.74) is 11.7. The molecule has 11 heavy (non-hydrogen) atoms. The lowest BCUT2D eigenvalue weighted by molar-refractivity contribution is 1.08. The first-order valence-corrected chi connectivity index (χ1v) is 3.30. The molecule has 0 fully saturated rings. The van der Waals surface area contributed by atoms with Crippen LogP contribution >= 0.6 is 0 Å².